The molecule has 0 heterocycles. The van der Waals surface area contributed by atoms with E-state index in [1.54, 1.807) is 0 Å². The highest BCUT2D eigenvalue weighted by Gasteiger charge is 1.94. The number of hydrogen-bond donors (Lipinski definition) is 0. The summed E-state index contributed by atoms with van der Waals surface area (Å²) >= 11 is 13.2. The summed E-state index contributed by atoms with van der Waals surface area (Å²) in [6.07, 6.45) is 2.26. The average Bonchev–Trinajstić information content (AvgIpc) is 2.30. The normalized spacial score (nSPS) is 10.4. The van der Waals surface area contributed by atoms with E-state index in [9.17, 15) is 0 Å². The standard InChI is InChI=1S/C12H16Cl2OS/c13-7-10-16-9-2-1-8-15-12-5-3-11(14)4-6-12/h3-6H,1-2,7-10H2. The van der Waals surface area contributed by atoms with Gasteiger partial charge in [-0.15, -0.1) is 11.6 Å². The molecule has 1 rings (SSSR count). The van der Waals surface area contributed by atoms with Crippen molar-refractivity contribution in [2.24, 2.45) is 0 Å². The molecule has 4 heteroatoms. The summed E-state index contributed by atoms with van der Waals surface area (Å²) in [5.74, 6) is 3.83. The summed E-state index contributed by atoms with van der Waals surface area (Å²) in [4.78, 5) is 0. The van der Waals surface area contributed by atoms with Crippen molar-refractivity contribution in [3.05, 3.63) is 29.3 Å². The van der Waals surface area contributed by atoms with E-state index >= 15 is 0 Å². The van der Waals surface area contributed by atoms with Crippen LogP contribution in [0.25, 0.3) is 0 Å². The van der Waals surface area contributed by atoms with Crippen molar-refractivity contribution < 1.29 is 4.74 Å². The molecule has 0 saturated heterocycles. The van der Waals surface area contributed by atoms with E-state index in [2.05, 4.69) is 0 Å². The quantitative estimate of drug-likeness (QED) is 0.513. The van der Waals surface area contributed by atoms with E-state index in [4.69, 9.17) is 27.9 Å². The first-order valence-electron chi connectivity index (χ1n) is 5.35. The zero-order chi connectivity index (χ0) is 11.6. The van der Waals surface area contributed by atoms with Gasteiger partial charge in [-0.3, -0.25) is 0 Å². The number of benzene rings is 1. The highest BCUT2D eigenvalue weighted by Crippen LogP contribution is 2.15. The van der Waals surface area contributed by atoms with Crippen LogP contribution in [0.3, 0.4) is 0 Å². The van der Waals surface area contributed by atoms with Gasteiger partial charge in [-0.1, -0.05) is 11.6 Å². The maximum Gasteiger partial charge on any atom is 0.119 e. The van der Waals surface area contributed by atoms with Gasteiger partial charge in [0.05, 0.1) is 6.61 Å². The van der Waals surface area contributed by atoms with Crippen LogP contribution < -0.4 is 4.74 Å². The number of thioether (sulfide) groups is 1. The molecule has 1 aromatic rings. The van der Waals surface area contributed by atoms with Crippen LogP contribution in [0, 0.1) is 0 Å². The van der Waals surface area contributed by atoms with Crippen LogP contribution >= 0.6 is 35.0 Å². The van der Waals surface area contributed by atoms with Gasteiger partial charge < -0.3 is 4.74 Å². The number of ether oxygens (including phenoxy) is 1. The Balaban J connectivity index is 2.01. The number of alkyl halides is 1. The summed E-state index contributed by atoms with van der Waals surface area (Å²) in [5, 5.41) is 0.741. The molecule has 0 fully saturated rings. The fourth-order valence-electron chi connectivity index (χ4n) is 1.18. The maximum absolute atomic E-state index is 5.77. The van der Waals surface area contributed by atoms with Crippen LogP contribution in [0.4, 0.5) is 0 Å². The number of halogens is 2. The molecule has 90 valence electrons. The van der Waals surface area contributed by atoms with Gasteiger partial charge in [0, 0.05) is 16.7 Å². The van der Waals surface area contributed by atoms with E-state index < -0.39 is 0 Å². The van der Waals surface area contributed by atoms with Gasteiger partial charge in [0.1, 0.15) is 5.75 Å². The molecule has 16 heavy (non-hydrogen) atoms. The second kappa shape index (κ2) is 9.03. The Bertz CT molecular complexity index is 277. The van der Waals surface area contributed by atoms with E-state index in [-0.39, 0.29) is 0 Å². The SMILES string of the molecule is ClCCSCCCCOc1ccc(Cl)cc1. The third-order valence-corrected chi connectivity index (χ3v) is 3.72. The first-order valence-corrected chi connectivity index (χ1v) is 7.41. The van der Waals surface area contributed by atoms with Crippen molar-refractivity contribution in [2.45, 2.75) is 12.8 Å². The smallest absolute Gasteiger partial charge is 0.119 e. The molecule has 1 nitrogen and oxygen atoms in total. The second-order valence-corrected chi connectivity index (χ2v) is 5.35. The molecular weight excluding hydrogens is 263 g/mol. The monoisotopic (exact) mass is 278 g/mol. The summed E-state index contributed by atoms with van der Waals surface area (Å²) < 4.78 is 5.57. The molecule has 0 spiro atoms. The lowest BCUT2D eigenvalue weighted by molar-refractivity contribution is 0.310. The van der Waals surface area contributed by atoms with E-state index in [1.165, 1.54) is 6.42 Å². The molecule has 0 bridgehead atoms. The predicted octanol–water partition coefficient (Wildman–Crippen LogP) is 4.47. The lowest BCUT2D eigenvalue weighted by Crippen LogP contribution is -1.98. The topological polar surface area (TPSA) is 9.23 Å². The summed E-state index contributed by atoms with van der Waals surface area (Å²) in [6, 6.07) is 7.47. The summed E-state index contributed by atoms with van der Waals surface area (Å²) in [5.41, 5.74) is 0. The van der Waals surface area contributed by atoms with Gasteiger partial charge in [0.25, 0.3) is 0 Å². The highest BCUT2D eigenvalue weighted by atomic mass is 35.5. The van der Waals surface area contributed by atoms with Gasteiger partial charge in [0.15, 0.2) is 0 Å². The van der Waals surface area contributed by atoms with Crippen molar-refractivity contribution in [1.29, 1.82) is 0 Å². The van der Waals surface area contributed by atoms with Crippen molar-refractivity contribution in [2.75, 3.05) is 24.0 Å². The molecule has 0 aromatic heterocycles. The summed E-state index contributed by atoms with van der Waals surface area (Å²) in [7, 11) is 0. The van der Waals surface area contributed by atoms with Crippen LogP contribution in [0.5, 0.6) is 5.75 Å². The Kier molecular flexibility index (Phi) is 7.91. The van der Waals surface area contributed by atoms with Crippen LogP contribution in [-0.4, -0.2) is 24.0 Å². The van der Waals surface area contributed by atoms with Crippen molar-refractivity contribution in [3.8, 4) is 5.75 Å². The first-order chi connectivity index (χ1) is 7.83. The van der Waals surface area contributed by atoms with E-state index in [1.807, 2.05) is 36.0 Å². The Morgan fingerprint density at radius 3 is 2.50 bits per heavy atom. The van der Waals surface area contributed by atoms with Crippen molar-refractivity contribution in [3.63, 3.8) is 0 Å². The molecule has 0 aliphatic heterocycles. The predicted molar refractivity (Wildman–Crippen MR) is 74.2 cm³/mol. The lowest BCUT2D eigenvalue weighted by Gasteiger charge is -2.05. The maximum atomic E-state index is 5.77. The molecule has 0 unspecified atom stereocenters. The molecular formula is C12H16Cl2OS. The lowest BCUT2D eigenvalue weighted by atomic mass is 10.3. The molecule has 0 N–H and O–H groups in total. The Morgan fingerprint density at radius 2 is 1.81 bits per heavy atom. The zero-order valence-electron chi connectivity index (χ0n) is 9.12. The van der Waals surface area contributed by atoms with Gasteiger partial charge >= 0.3 is 0 Å². The minimum atomic E-state index is 0.741. The van der Waals surface area contributed by atoms with Crippen molar-refractivity contribution in [1.82, 2.24) is 0 Å². The molecule has 0 aliphatic carbocycles. The largest absolute Gasteiger partial charge is 0.494 e. The molecule has 1 aromatic carbocycles. The van der Waals surface area contributed by atoms with Crippen LogP contribution in [0.15, 0.2) is 24.3 Å². The van der Waals surface area contributed by atoms with E-state index in [0.717, 1.165) is 41.2 Å². The molecule has 0 aliphatic rings. The molecule has 0 radical (unpaired) electrons. The molecule has 0 amide bonds. The van der Waals surface area contributed by atoms with Gasteiger partial charge in [-0.05, 0) is 42.9 Å². The Hall–Kier alpha value is -0.0500. The fraction of sp³-hybridized carbons (Fsp3) is 0.500. The third-order valence-electron chi connectivity index (χ3n) is 1.99. The molecule has 0 saturated carbocycles. The second-order valence-electron chi connectivity index (χ2n) is 3.31. The summed E-state index contributed by atoms with van der Waals surface area (Å²) in [6.45, 7) is 0.767. The van der Waals surface area contributed by atoms with Crippen LogP contribution in [0.2, 0.25) is 5.02 Å². The fourth-order valence-corrected chi connectivity index (χ4v) is 2.36. The Labute approximate surface area is 111 Å². The van der Waals surface area contributed by atoms with Crippen LogP contribution in [-0.2, 0) is 0 Å². The van der Waals surface area contributed by atoms with Gasteiger partial charge in [-0.25, -0.2) is 0 Å². The first kappa shape index (κ1) is 14.0. The third kappa shape index (κ3) is 6.51. The zero-order valence-corrected chi connectivity index (χ0v) is 11.5. The average molecular weight is 279 g/mol. The van der Waals surface area contributed by atoms with Crippen LogP contribution in [0.1, 0.15) is 12.8 Å². The highest BCUT2D eigenvalue weighted by molar-refractivity contribution is 7.99. The minimum Gasteiger partial charge on any atom is -0.494 e. The number of unbranched alkanes of at least 4 members (excludes halogenated alkanes) is 1. The van der Waals surface area contributed by atoms with Gasteiger partial charge in [-0.2, -0.15) is 11.8 Å². The number of hydrogen-bond acceptors (Lipinski definition) is 2. The van der Waals surface area contributed by atoms with E-state index in [0.29, 0.717) is 0 Å². The number of rotatable bonds is 8. The van der Waals surface area contributed by atoms with Crippen molar-refractivity contribution >= 4 is 35.0 Å². The van der Waals surface area contributed by atoms with Gasteiger partial charge in [0.2, 0.25) is 0 Å². The minimum absolute atomic E-state index is 0.741. The molecule has 0 atom stereocenters. The Morgan fingerprint density at radius 1 is 1.06 bits per heavy atom.